The molecule has 0 aliphatic rings. The second-order valence-corrected chi connectivity index (χ2v) is 5.12. The zero-order chi connectivity index (χ0) is 13.8. The Labute approximate surface area is 121 Å². The van der Waals surface area contributed by atoms with Crippen LogP contribution >= 0.6 is 15.9 Å². The highest BCUT2D eigenvalue weighted by Crippen LogP contribution is 2.26. The van der Waals surface area contributed by atoms with Crippen LogP contribution in [0.15, 0.2) is 34.9 Å². The van der Waals surface area contributed by atoms with Crippen molar-refractivity contribution in [2.45, 2.75) is 26.0 Å². The smallest absolute Gasteiger partial charge is 0.118 e. The Balaban J connectivity index is 2.15. The lowest BCUT2D eigenvalue weighted by Gasteiger charge is -2.13. The molecular weight excluding hydrogens is 308 g/mol. The van der Waals surface area contributed by atoms with Crippen molar-refractivity contribution in [3.63, 3.8) is 0 Å². The molecule has 2 aromatic rings. The second-order valence-electron chi connectivity index (χ2n) is 4.26. The minimum Gasteiger partial charge on any atom is -0.497 e. The predicted molar refractivity (Wildman–Crippen MR) is 77.3 cm³/mol. The number of nitrogens with zero attached hydrogens (tertiary/aromatic N) is 2. The van der Waals surface area contributed by atoms with E-state index in [9.17, 15) is 5.11 Å². The SMILES string of the molecule is CCn1ncc(Br)c1C(O)Cc1ccc(OC)cc1. The number of aliphatic hydroxyl groups is 1. The molecule has 1 aromatic heterocycles. The summed E-state index contributed by atoms with van der Waals surface area (Å²) in [6.45, 7) is 2.74. The van der Waals surface area contributed by atoms with E-state index in [0.29, 0.717) is 6.42 Å². The van der Waals surface area contributed by atoms with Crippen molar-refractivity contribution in [1.82, 2.24) is 9.78 Å². The summed E-state index contributed by atoms with van der Waals surface area (Å²) in [4.78, 5) is 0. The van der Waals surface area contributed by atoms with Gasteiger partial charge in [0.1, 0.15) is 11.9 Å². The normalized spacial score (nSPS) is 12.4. The molecule has 0 saturated carbocycles. The second kappa shape index (κ2) is 6.21. The summed E-state index contributed by atoms with van der Waals surface area (Å²) in [7, 11) is 1.64. The number of ether oxygens (including phenoxy) is 1. The van der Waals surface area contributed by atoms with Crippen LogP contribution in [0.1, 0.15) is 24.3 Å². The highest BCUT2D eigenvalue weighted by Gasteiger charge is 2.17. The van der Waals surface area contributed by atoms with Crippen molar-refractivity contribution < 1.29 is 9.84 Å². The fourth-order valence-electron chi connectivity index (χ4n) is 2.04. The van der Waals surface area contributed by atoms with E-state index < -0.39 is 6.10 Å². The fraction of sp³-hybridized carbons (Fsp3) is 0.357. The standard InChI is InChI=1S/C14H17BrN2O2/c1-3-17-14(12(15)9-16-17)13(18)8-10-4-6-11(19-2)7-5-10/h4-7,9,13,18H,3,8H2,1-2H3. The van der Waals surface area contributed by atoms with Crippen LogP contribution in [0.4, 0.5) is 0 Å². The highest BCUT2D eigenvalue weighted by atomic mass is 79.9. The van der Waals surface area contributed by atoms with E-state index in [1.54, 1.807) is 18.0 Å². The monoisotopic (exact) mass is 324 g/mol. The topological polar surface area (TPSA) is 47.3 Å². The molecule has 0 spiro atoms. The van der Waals surface area contributed by atoms with Crippen molar-refractivity contribution in [1.29, 1.82) is 0 Å². The number of aliphatic hydroxyl groups excluding tert-OH is 1. The summed E-state index contributed by atoms with van der Waals surface area (Å²) in [5.41, 5.74) is 1.88. The lowest BCUT2D eigenvalue weighted by atomic mass is 10.1. The fourth-order valence-corrected chi connectivity index (χ4v) is 2.60. The van der Waals surface area contributed by atoms with E-state index in [0.717, 1.165) is 28.0 Å². The lowest BCUT2D eigenvalue weighted by Crippen LogP contribution is -2.10. The van der Waals surface area contributed by atoms with Gasteiger partial charge in [-0.1, -0.05) is 12.1 Å². The van der Waals surface area contributed by atoms with E-state index in [4.69, 9.17) is 4.74 Å². The van der Waals surface area contributed by atoms with Gasteiger partial charge in [-0.25, -0.2) is 0 Å². The molecule has 2 rings (SSSR count). The Hall–Kier alpha value is -1.33. The third-order valence-corrected chi connectivity index (χ3v) is 3.65. The van der Waals surface area contributed by atoms with E-state index >= 15 is 0 Å². The maximum Gasteiger partial charge on any atom is 0.118 e. The minimum atomic E-state index is -0.579. The van der Waals surface area contributed by atoms with Gasteiger partial charge in [0, 0.05) is 13.0 Å². The predicted octanol–water partition coefficient (Wildman–Crippen LogP) is 2.95. The van der Waals surface area contributed by atoms with Crippen molar-refractivity contribution in [3.8, 4) is 5.75 Å². The van der Waals surface area contributed by atoms with Gasteiger partial charge in [-0.3, -0.25) is 4.68 Å². The van der Waals surface area contributed by atoms with Gasteiger partial charge in [0.25, 0.3) is 0 Å². The van der Waals surface area contributed by atoms with Crippen molar-refractivity contribution in [3.05, 3.63) is 46.2 Å². The number of benzene rings is 1. The minimum absolute atomic E-state index is 0.550. The van der Waals surface area contributed by atoms with Crippen LogP contribution in [0.3, 0.4) is 0 Å². The third kappa shape index (κ3) is 3.16. The van der Waals surface area contributed by atoms with Crippen LogP contribution in [0.25, 0.3) is 0 Å². The van der Waals surface area contributed by atoms with E-state index in [2.05, 4.69) is 21.0 Å². The zero-order valence-corrected chi connectivity index (χ0v) is 12.6. The molecule has 0 fully saturated rings. The maximum absolute atomic E-state index is 10.4. The quantitative estimate of drug-likeness (QED) is 0.919. The van der Waals surface area contributed by atoms with Crippen molar-refractivity contribution in [2.24, 2.45) is 0 Å². The molecule has 1 atom stereocenters. The molecular formula is C14H17BrN2O2. The Kier molecular flexibility index (Phi) is 4.61. The molecule has 0 aliphatic carbocycles. The van der Waals surface area contributed by atoms with Crippen LogP contribution in [0.5, 0.6) is 5.75 Å². The molecule has 0 saturated heterocycles. The van der Waals surface area contributed by atoms with Crippen LogP contribution in [-0.4, -0.2) is 22.0 Å². The molecule has 0 amide bonds. The molecule has 19 heavy (non-hydrogen) atoms. The van der Waals surface area contributed by atoms with Gasteiger partial charge in [-0.05, 0) is 40.5 Å². The van der Waals surface area contributed by atoms with Crippen LogP contribution in [0, 0.1) is 0 Å². The summed E-state index contributed by atoms with van der Waals surface area (Å²) < 4.78 is 7.76. The molecule has 5 heteroatoms. The molecule has 1 unspecified atom stereocenters. The Morgan fingerprint density at radius 3 is 2.63 bits per heavy atom. The average molecular weight is 325 g/mol. The van der Waals surface area contributed by atoms with Crippen LogP contribution < -0.4 is 4.74 Å². The number of aromatic nitrogens is 2. The summed E-state index contributed by atoms with van der Waals surface area (Å²) >= 11 is 3.43. The molecule has 0 radical (unpaired) electrons. The van der Waals surface area contributed by atoms with E-state index in [-0.39, 0.29) is 0 Å². The van der Waals surface area contributed by atoms with E-state index in [1.165, 1.54) is 0 Å². The molecule has 4 nitrogen and oxygen atoms in total. The number of hydrogen-bond donors (Lipinski definition) is 1. The molecule has 1 heterocycles. The lowest BCUT2D eigenvalue weighted by molar-refractivity contribution is 0.166. The molecule has 1 N–H and O–H groups in total. The molecule has 102 valence electrons. The first kappa shape index (κ1) is 14.1. The Morgan fingerprint density at radius 1 is 1.37 bits per heavy atom. The van der Waals surface area contributed by atoms with Gasteiger partial charge in [0.2, 0.25) is 0 Å². The van der Waals surface area contributed by atoms with Gasteiger partial charge >= 0.3 is 0 Å². The maximum atomic E-state index is 10.4. The molecule has 0 bridgehead atoms. The number of hydrogen-bond acceptors (Lipinski definition) is 3. The summed E-state index contributed by atoms with van der Waals surface area (Å²) in [6, 6.07) is 7.72. The average Bonchev–Trinajstić information content (AvgIpc) is 2.80. The first-order chi connectivity index (χ1) is 9.15. The van der Waals surface area contributed by atoms with Gasteiger partial charge < -0.3 is 9.84 Å². The van der Waals surface area contributed by atoms with Gasteiger partial charge in [0.05, 0.1) is 23.5 Å². The van der Waals surface area contributed by atoms with Crippen LogP contribution in [0.2, 0.25) is 0 Å². The molecule has 1 aromatic carbocycles. The van der Waals surface area contributed by atoms with Gasteiger partial charge in [0.15, 0.2) is 0 Å². The first-order valence-electron chi connectivity index (χ1n) is 6.18. The summed E-state index contributed by atoms with van der Waals surface area (Å²) in [6.07, 6.45) is 1.69. The first-order valence-corrected chi connectivity index (χ1v) is 6.97. The Morgan fingerprint density at radius 2 is 2.05 bits per heavy atom. The Bertz CT molecular complexity index is 537. The number of halogens is 1. The summed E-state index contributed by atoms with van der Waals surface area (Å²) in [5.74, 6) is 0.818. The third-order valence-electron chi connectivity index (χ3n) is 3.04. The number of aryl methyl sites for hydroxylation is 1. The largest absolute Gasteiger partial charge is 0.497 e. The van der Waals surface area contributed by atoms with Gasteiger partial charge in [-0.15, -0.1) is 0 Å². The molecule has 0 aliphatic heterocycles. The van der Waals surface area contributed by atoms with Crippen LogP contribution in [-0.2, 0) is 13.0 Å². The number of rotatable bonds is 5. The highest BCUT2D eigenvalue weighted by molar-refractivity contribution is 9.10. The van der Waals surface area contributed by atoms with E-state index in [1.807, 2.05) is 31.2 Å². The van der Waals surface area contributed by atoms with Crippen molar-refractivity contribution >= 4 is 15.9 Å². The zero-order valence-electron chi connectivity index (χ0n) is 11.0. The number of methoxy groups -OCH3 is 1. The van der Waals surface area contributed by atoms with Crippen molar-refractivity contribution in [2.75, 3.05) is 7.11 Å². The van der Waals surface area contributed by atoms with Gasteiger partial charge in [-0.2, -0.15) is 5.10 Å². The summed E-state index contributed by atoms with van der Waals surface area (Å²) in [5, 5.41) is 14.6.